The van der Waals surface area contributed by atoms with Gasteiger partial charge in [0.1, 0.15) is 6.26 Å². The average Bonchev–Trinajstić information content (AvgIpc) is 1.82. The fraction of sp³-hybridized carbons (Fsp3) is 0.250. The summed E-state index contributed by atoms with van der Waals surface area (Å²) in [5.41, 5.74) is -5.56. The third kappa shape index (κ3) is 3.78. The van der Waals surface area contributed by atoms with E-state index in [0.717, 1.165) is 0 Å². The van der Waals surface area contributed by atoms with Gasteiger partial charge in [0.2, 0.25) is 0 Å². The molecule has 0 rings (SSSR count). The van der Waals surface area contributed by atoms with Gasteiger partial charge in [-0.1, -0.05) is 0 Å². The second-order valence-corrected chi connectivity index (χ2v) is 3.20. The van der Waals surface area contributed by atoms with Crippen LogP contribution < -0.4 is 0 Å². The fourth-order valence-corrected chi connectivity index (χ4v) is 0.525. The van der Waals surface area contributed by atoms with Gasteiger partial charge in [0.15, 0.2) is 0 Å². The fourth-order valence-electron chi connectivity index (χ4n) is 0.214. The largest absolute Gasteiger partial charge is 0.534 e. The summed E-state index contributed by atoms with van der Waals surface area (Å²) in [6.07, 6.45) is 0.0362. The Bertz CT molecular complexity index is 313. The summed E-state index contributed by atoms with van der Waals surface area (Å²) in [6, 6.07) is 0. The Hall–Kier alpha value is -1.25. The first kappa shape index (κ1) is 11.8. The van der Waals surface area contributed by atoms with Crippen LogP contribution >= 0.6 is 0 Å². The highest BCUT2D eigenvalue weighted by Crippen LogP contribution is 2.24. The molecule has 0 saturated heterocycles. The van der Waals surface area contributed by atoms with Crippen molar-refractivity contribution in [3.05, 3.63) is 12.3 Å². The molecule has 0 aromatic heterocycles. The Kier molecular flexibility index (Phi) is 3.29. The Morgan fingerprint density at radius 2 is 1.85 bits per heavy atom. The van der Waals surface area contributed by atoms with Crippen LogP contribution in [0.15, 0.2) is 12.3 Å². The van der Waals surface area contributed by atoms with E-state index in [-0.39, 0.29) is 12.3 Å². The Labute approximate surface area is 70.5 Å². The molecule has 0 saturated carbocycles. The van der Waals surface area contributed by atoms with E-state index in [9.17, 15) is 26.4 Å². The average molecular weight is 220 g/mol. The van der Waals surface area contributed by atoms with E-state index in [1.165, 1.54) is 0 Å². The van der Waals surface area contributed by atoms with Gasteiger partial charge in [-0.2, -0.15) is 21.6 Å². The molecule has 0 aliphatic carbocycles. The first-order valence-electron chi connectivity index (χ1n) is 2.56. The van der Waals surface area contributed by atoms with Crippen LogP contribution in [0.4, 0.5) is 13.2 Å². The highest BCUT2D eigenvalue weighted by atomic mass is 32.2. The monoisotopic (exact) mass is 220 g/mol. The van der Waals surface area contributed by atoms with Crippen LogP contribution in [-0.4, -0.2) is 25.0 Å². The Balaban J connectivity index is 4.48. The molecule has 0 heterocycles. The van der Waals surface area contributed by atoms with Crippen LogP contribution in [0.25, 0.3) is 0 Å². The summed E-state index contributed by atoms with van der Waals surface area (Å²) in [4.78, 5) is 9.69. The molecule has 0 aromatic rings. The van der Waals surface area contributed by atoms with E-state index in [1.807, 2.05) is 0 Å². The SMILES string of the molecule is O=C(O)/C=C/OS(=O)(=O)C(F)(F)F. The molecule has 0 fully saturated rings. The van der Waals surface area contributed by atoms with Gasteiger partial charge in [-0.15, -0.1) is 0 Å². The van der Waals surface area contributed by atoms with Crippen molar-refractivity contribution in [2.75, 3.05) is 0 Å². The number of carboxylic acids is 1. The number of carboxylic acid groups (broad SMARTS) is 1. The summed E-state index contributed by atoms with van der Waals surface area (Å²) in [5, 5.41) is 7.87. The molecule has 0 amide bonds. The molecular formula is C4H3F3O5S. The zero-order chi connectivity index (χ0) is 10.7. The van der Waals surface area contributed by atoms with Crippen molar-refractivity contribution in [1.29, 1.82) is 0 Å². The standard InChI is InChI=1S/C4H3F3O5S/c5-4(6,7)13(10,11)12-2-1-3(8)9/h1-2H,(H,8,9)/b2-1+. The van der Waals surface area contributed by atoms with E-state index in [1.54, 1.807) is 0 Å². The highest BCUT2D eigenvalue weighted by molar-refractivity contribution is 7.87. The van der Waals surface area contributed by atoms with Gasteiger partial charge in [-0.05, 0) is 0 Å². The normalized spacial score (nSPS) is 13.2. The molecule has 0 radical (unpaired) electrons. The molecule has 0 atom stereocenters. The smallest absolute Gasteiger partial charge is 0.478 e. The van der Waals surface area contributed by atoms with Gasteiger partial charge in [-0.25, -0.2) is 4.79 Å². The van der Waals surface area contributed by atoms with Crippen molar-refractivity contribution in [2.24, 2.45) is 0 Å². The molecular weight excluding hydrogens is 217 g/mol. The molecule has 0 spiro atoms. The minimum absolute atomic E-state index is 0.0782. The van der Waals surface area contributed by atoms with Crippen LogP contribution in [0.1, 0.15) is 0 Å². The predicted molar refractivity (Wildman–Crippen MR) is 32.8 cm³/mol. The minimum atomic E-state index is -5.74. The van der Waals surface area contributed by atoms with Crippen LogP contribution in [-0.2, 0) is 19.1 Å². The minimum Gasteiger partial charge on any atom is -0.478 e. The lowest BCUT2D eigenvalue weighted by Gasteiger charge is -2.04. The lowest BCUT2D eigenvalue weighted by atomic mass is 10.7. The molecule has 1 N–H and O–H groups in total. The number of aliphatic carboxylic acids is 1. The quantitative estimate of drug-likeness (QED) is 0.323. The Morgan fingerprint density at radius 3 is 2.15 bits per heavy atom. The van der Waals surface area contributed by atoms with Crippen molar-refractivity contribution in [3.63, 3.8) is 0 Å². The maximum Gasteiger partial charge on any atom is 0.534 e. The number of carbonyl (C=O) groups is 1. The first-order valence-corrected chi connectivity index (χ1v) is 3.96. The molecule has 0 unspecified atom stereocenters. The van der Waals surface area contributed by atoms with Gasteiger partial charge in [0.25, 0.3) is 0 Å². The zero-order valence-electron chi connectivity index (χ0n) is 5.78. The van der Waals surface area contributed by atoms with Crippen LogP contribution in [0.3, 0.4) is 0 Å². The van der Waals surface area contributed by atoms with Gasteiger partial charge in [0, 0.05) is 0 Å². The number of alkyl halides is 3. The van der Waals surface area contributed by atoms with Gasteiger partial charge < -0.3 is 9.29 Å². The summed E-state index contributed by atoms with van der Waals surface area (Å²) in [5.74, 6) is -1.63. The summed E-state index contributed by atoms with van der Waals surface area (Å²) in [7, 11) is -5.74. The molecule has 0 aliphatic rings. The zero-order valence-corrected chi connectivity index (χ0v) is 6.59. The molecule has 76 valence electrons. The van der Waals surface area contributed by atoms with Crippen molar-refractivity contribution >= 4 is 16.1 Å². The highest BCUT2D eigenvalue weighted by Gasteiger charge is 2.47. The summed E-state index contributed by atoms with van der Waals surface area (Å²) < 4.78 is 57.7. The van der Waals surface area contributed by atoms with E-state index in [2.05, 4.69) is 4.18 Å². The first-order chi connectivity index (χ1) is 5.67. The summed E-state index contributed by atoms with van der Waals surface area (Å²) in [6.45, 7) is 0. The molecule has 5 nitrogen and oxygen atoms in total. The van der Waals surface area contributed by atoms with E-state index in [0.29, 0.717) is 0 Å². The number of rotatable bonds is 3. The van der Waals surface area contributed by atoms with Crippen molar-refractivity contribution in [1.82, 2.24) is 0 Å². The molecule has 0 aliphatic heterocycles. The van der Waals surface area contributed by atoms with Gasteiger partial charge >= 0.3 is 21.6 Å². The maximum atomic E-state index is 11.5. The van der Waals surface area contributed by atoms with Crippen LogP contribution in [0.2, 0.25) is 0 Å². The third-order valence-corrected chi connectivity index (χ3v) is 1.61. The van der Waals surface area contributed by atoms with Crippen LogP contribution in [0, 0.1) is 0 Å². The van der Waals surface area contributed by atoms with Gasteiger partial charge in [0.05, 0.1) is 6.08 Å². The van der Waals surface area contributed by atoms with E-state index >= 15 is 0 Å². The molecule has 9 heteroatoms. The number of hydrogen-bond acceptors (Lipinski definition) is 4. The van der Waals surface area contributed by atoms with E-state index in [4.69, 9.17) is 5.11 Å². The lowest BCUT2D eigenvalue weighted by Crippen LogP contribution is -2.23. The molecule has 0 bridgehead atoms. The maximum absolute atomic E-state index is 11.5. The second-order valence-electron chi connectivity index (χ2n) is 1.64. The summed E-state index contributed by atoms with van der Waals surface area (Å²) >= 11 is 0. The number of hydrogen-bond donors (Lipinski definition) is 1. The second kappa shape index (κ2) is 3.64. The van der Waals surface area contributed by atoms with Gasteiger partial charge in [-0.3, -0.25) is 0 Å². The van der Waals surface area contributed by atoms with Crippen molar-refractivity contribution < 1.29 is 35.7 Å². The topological polar surface area (TPSA) is 80.7 Å². The lowest BCUT2D eigenvalue weighted by molar-refractivity contribution is -0.131. The number of halogens is 3. The van der Waals surface area contributed by atoms with Crippen molar-refractivity contribution in [2.45, 2.75) is 5.51 Å². The molecule has 0 aromatic carbocycles. The Morgan fingerprint density at radius 1 is 1.38 bits per heavy atom. The molecule has 13 heavy (non-hydrogen) atoms. The predicted octanol–water partition coefficient (Wildman–Crippen LogP) is 0.451. The van der Waals surface area contributed by atoms with Crippen molar-refractivity contribution in [3.8, 4) is 0 Å². The van der Waals surface area contributed by atoms with E-state index < -0.39 is 21.6 Å². The third-order valence-electron chi connectivity index (χ3n) is 0.676. The van der Waals surface area contributed by atoms with Crippen LogP contribution in [0.5, 0.6) is 0 Å².